The molecular formula is C12H15ClN2O3. The maximum Gasteiger partial charge on any atom is 0.293 e. The Balaban J connectivity index is 2.20. The summed E-state index contributed by atoms with van der Waals surface area (Å²) in [4.78, 5) is 10.5. The fraction of sp³-hybridized carbons (Fsp3) is 0.500. The van der Waals surface area contributed by atoms with Crippen LogP contribution in [0.5, 0.6) is 0 Å². The average Bonchev–Trinajstić information content (AvgIpc) is 2.34. The van der Waals surface area contributed by atoms with E-state index in [1.54, 1.807) is 12.1 Å². The fourth-order valence-electron chi connectivity index (χ4n) is 2.26. The fourth-order valence-corrected chi connectivity index (χ4v) is 2.42. The van der Waals surface area contributed by atoms with Gasteiger partial charge in [-0.15, -0.1) is 0 Å². The minimum Gasteiger partial charge on any atom is -0.391 e. The molecule has 1 aliphatic carbocycles. The molecule has 0 saturated heterocycles. The molecule has 0 heterocycles. The number of rotatable bonds is 3. The number of nitro benzene ring substituents is 1. The highest BCUT2D eigenvalue weighted by atomic mass is 35.5. The number of aliphatic hydroxyl groups is 1. The van der Waals surface area contributed by atoms with E-state index in [1.807, 2.05) is 0 Å². The van der Waals surface area contributed by atoms with Gasteiger partial charge >= 0.3 is 0 Å². The van der Waals surface area contributed by atoms with Crippen molar-refractivity contribution < 1.29 is 10.0 Å². The van der Waals surface area contributed by atoms with Crippen molar-refractivity contribution in [1.29, 1.82) is 0 Å². The molecule has 0 radical (unpaired) electrons. The quantitative estimate of drug-likeness (QED) is 0.654. The summed E-state index contributed by atoms with van der Waals surface area (Å²) < 4.78 is 0. The topological polar surface area (TPSA) is 75.4 Å². The first-order chi connectivity index (χ1) is 8.58. The predicted molar refractivity (Wildman–Crippen MR) is 70.0 cm³/mol. The van der Waals surface area contributed by atoms with Crippen LogP contribution in [0.4, 0.5) is 11.4 Å². The zero-order valence-corrected chi connectivity index (χ0v) is 10.6. The summed E-state index contributed by atoms with van der Waals surface area (Å²) in [6, 6.07) is 4.38. The van der Waals surface area contributed by atoms with Gasteiger partial charge in [-0.25, -0.2) is 0 Å². The molecular weight excluding hydrogens is 256 g/mol. The van der Waals surface area contributed by atoms with Gasteiger partial charge in [-0.1, -0.05) is 24.4 Å². The minimum absolute atomic E-state index is 0.0553. The van der Waals surface area contributed by atoms with E-state index in [9.17, 15) is 15.2 Å². The summed E-state index contributed by atoms with van der Waals surface area (Å²) >= 11 is 5.75. The Labute approximate surface area is 110 Å². The minimum atomic E-state index is -0.469. The van der Waals surface area contributed by atoms with Gasteiger partial charge in [0.1, 0.15) is 5.69 Å². The lowest BCUT2D eigenvalue weighted by Crippen LogP contribution is -2.36. The number of nitro groups is 1. The number of hydrogen-bond acceptors (Lipinski definition) is 4. The van der Waals surface area contributed by atoms with E-state index in [-0.39, 0.29) is 11.7 Å². The maximum absolute atomic E-state index is 10.9. The van der Waals surface area contributed by atoms with Crippen LogP contribution in [-0.2, 0) is 0 Å². The van der Waals surface area contributed by atoms with Crippen LogP contribution in [0.3, 0.4) is 0 Å². The first-order valence-corrected chi connectivity index (χ1v) is 6.34. The van der Waals surface area contributed by atoms with Gasteiger partial charge in [-0.3, -0.25) is 10.1 Å². The van der Waals surface area contributed by atoms with Crippen molar-refractivity contribution >= 4 is 23.0 Å². The molecule has 18 heavy (non-hydrogen) atoms. The number of benzene rings is 1. The highest BCUT2D eigenvalue weighted by Crippen LogP contribution is 2.30. The smallest absolute Gasteiger partial charge is 0.293 e. The molecule has 0 aliphatic heterocycles. The molecule has 1 aromatic rings. The number of anilines is 1. The Kier molecular flexibility index (Phi) is 4.04. The second kappa shape index (κ2) is 5.54. The van der Waals surface area contributed by atoms with Crippen LogP contribution in [-0.4, -0.2) is 22.2 Å². The van der Waals surface area contributed by atoms with Crippen molar-refractivity contribution in [2.45, 2.75) is 37.8 Å². The standard InChI is InChI=1S/C12H15ClN2O3/c13-8-5-6-9(11(7-8)15(17)18)14-10-3-1-2-4-12(10)16/h5-7,10,12,14,16H,1-4H2/t10-,12-/m0/s1. The lowest BCUT2D eigenvalue weighted by Gasteiger charge is -2.29. The molecule has 2 N–H and O–H groups in total. The summed E-state index contributed by atoms with van der Waals surface area (Å²) in [6.45, 7) is 0. The molecule has 0 spiro atoms. The van der Waals surface area contributed by atoms with Crippen molar-refractivity contribution in [2.24, 2.45) is 0 Å². The highest BCUT2D eigenvalue weighted by molar-refractivity contribution is 6.30. The van der Waals surface area contributed by atoms with Gasteiger partial charge in [-0.2, -0.15) is 0 Å². The zero-order valence-electron chi connectivity index (χ0n) is 9.80. The Hall–Kier alpha value is -1.33. The van der Waals surface area contributed by atoms with Gasteiger partial charge in [0.15, 0.2) is 0 Å². The lowest BCUT2D eigenvalue weighted by molar-refractivity contribution is -0.384. The zero-order chi connectivity index (χ0) is 13.1. The van der Waals surface area contributed by atoms with Crippen molar-refractivity contribution in [1.82, 2.24) is 0 Å². The molecule has 1 aromatic carbocycles. The molecule has 1 fully saturated rings. The summed E-state index contributed by atoms with van der Waals surface area (Å²) in [7, 11) is 0. The van der Waals surface area contributed by atoms with Gasteiger partial charge in [0.05, 0.1) is 17.1 Å². The Morgan fingerprint density at radius 2 is 2.11 bits per heavy atom. The number of nitrogens with one attached hydrogen (secondary N) is 1. The number of hydrogen-bond donors (Lipinski definition) is 2. The van der Waals surface area contributed by atoms with Crippen LogP contribution in [0.25, 0.3) is 0 Å². The number of halogens is 1. The molecule has 2 rings (SSSR count). The van der Waals surface area contributed by atoms with E-state index >= 15 is 0 Å². The van der Waals surface area contributed by atoms with E-state index < -0.39 is 11.0 Å². The monoisotopic (exact) mass is 270 g/mol. The molecule has 6 heteroatoms. The van der Waals surface area contributed by atoms with Crippen molar-refractivity contribution in [3.05, 3.63) is 33.3 Å². The molecule has 0 bridgehead atoms. The summed E-state index contributed by atoms with van der Waals surface area (Å²) in [6.07, 6.45) is 3.13. The Bertz CT molecular complexity index is 453. The van der Waals surface area contributed by atoms with E-state index in [0.29, 0.717) is 10.7 Å². The third kappa shape index (κ3) is 2.91. The van der Waals surface area contributed by atoms with Gasteiger partial charge in [0.2, 0.25) is 0 Å². The second-order valence-electron chi connectivity index (χ2n) is 4.52. The molecule has 0 aromatic heterocycles. The van der Waals surface area contributed by atoms with Gasteiger partial charge < -0.3 is 10.4 Å². The summed E-state index contributed by atoms with van der Waals surface area (Å²) in [5.41, 5.74) is 0.357. The normalized spacial score (nSPS) is 23.7. The average molecular weight is 271 g/mol. The van der Waals surface area contributed by atoms with Crippen molar-refractivity contribution in [3.63, 3.8) is 0 Å². The van der Waals surface area contributed by atoms with E-state index in [4.69, 9.17) is 11.6 Å². The Morgan fingerprint density at radius 3 is 2.78 bits per heavy atom. The first kappa shape index (κ1) is 13.1. The predicted octanol–water partition coefficient (Wildman–Crippen LogP) is 2.96. The lowest BCUT2D eigenvalue weighted by atomic mass is 9.92. The van der Waals surface area contributed by atoms with Crippen LogP contribution in [0, 0.1) is 10.1 Å². The molecule has 0 amide bonds. The number of aliphatic hydroxyl groups excluding tert-OH is 1. The maximum atomic E-state index is 10.9. The summed E-state index contributed by atoms with van der Waals surface area (Å²) in [5, 5.41) is 24.2. The van der Waals surface area contributed by atoms with Crippen LogP contribution in [0.1, 0.15) is 25.7 Å². The van der Waals surface area contributed by atoms with E-state index in [0.717, 1.165) is 25.7 Å². The highest BCUT2D eigenvalue weighted by Gasteiger charge is 2.25. The molecule has 2 atom stereocenters. The van der Waals surface area contributed by atoms with Crippen LogP contribution >= 0.6 is 11.6 Å². The third-order valence-electron chi connectivity index (χ3n) is 3.23. The van der Waals surface area contributed by atoms with Gasteiger partial charge in [0.25, 0.3) is 5.69 Å². The SMILES string of the molecule is O=[N+]([O-])c1cc(Cl)ccc1N[C@H]1CCCC[C@@H]1O. The van der Waals surface area contributed by atoms with Crippen molar-refractivity contribution in [2.75, 3.05) is 5.32 Å². The van der Waals surface area contributed by atoms with Crippen LogP contribution in [0.2, 0.25) is 5.02 Å². The van der Waals surface area contributed by atoms with Crippen LogP contribution < -0.4 is 5.32 Å². The van der Waals surface area contributed by atoms with E-state index in [1.165, 1.54) is 6.07 Å². The second-order valence-corrected chi connectivity index (χ2v) is 4.96. The number of nitrogens with zero attached hydrogens (tertiary/aromatic N) is 1. The first-order valence-electron chi connectivity index (χ1n) is 5.96. The van der Waals surface area contributed by atoms with Crippen molar-refractivity contribution in [3.8, 4) is 0 Å². The molecule has 5 nitrogen and oxygen atoms in total. The molecule has 1 aliphatic rings. The van der Waals surface area contributed by atoms with Crippen LogP contribution in [0.15, 0.2) is 18.2 Å². The molecule has 0 unspecified atom stereocenters. The molecule has 98 valence electrons. The largest absolute Gasteiger partial charge is 0.391 e. The third-order valence-corrected chi connectivity index (χ3v) is 3.46. The molecule has 1 saturated carbocycles. The van der Waals surface area contributed by atoms with Gasteiger partial charge in [0, 0.05) is 11.1 Å². The Morgan fingerprint density at radius 1 is 1.39 bits per heavy atom. The summed E-state index contributed by atoms with van der Waals surface area (Å²) in [5.74, 6) is 0. The van der Waals surface area contributed by atoms with Gasteiger partial charge in [-0.05, 0) is 25.0 Å². The van der Waals surface area contributed by atoms with E-state index in [2.05, 4.69) is 5.32 Å².